The second-order valence-corrected chi connectivity index (χ2v) is 6.72. The van der Waals surface area contributed by atoms with E-state index in [4.69, 9.17) is 5.73 Å². The van der Waals surface area contributed by atoms with Gasteiger partial charge < -0.3 is 11.1 Å². The van der Waals surface area contributed by atoms with Crippen LogP contribution in [0.4, 0.5) is 5.82 Å². The number of nitrogens with one attached hydrogen (secondary N) is 2. The van der Waals surface area contributed by atoms with Crippen LogP contribution in [0.15, 0.2) is 48.5 Å². The Kier molecular flexibility index (Phi) is 4.16. The SMILES string of the molecule is Cc1cccc(C(NC(=O)c2[nH]nc(N)c2-c2ccccc2)C2CC2)n1. The molecular weight excluding hydrogens is 326 g/mol. The summed E-state index contributed by atoms with van der Waals surface area (Å²) in [6, 6.07) is 15.4. The van der Waals surface area contributed by atoms with Gasteiger partial charge in [-0.1, -0.05) is 36.4 Å². The van der Waals surface area contributed by atoms with Crippen LogP contribution in [-0.4, -0.2) is 21.1 Å². The van der Waals surface area contributed by atoms with Crippen molar-refractivity contribution in [1.82, 2.24) is 20.5 Å². The molecule has 0 spiro atoms. The maximum atomic E-state index is 13.0. The van der Waals surface area contributed by atoms with Crippen LogP contribution >= 0.6 is 0 Å². The third-order valence-electron chi connectivity index (χ3n) is 4.69. The molecule has 1 aromatic carbocycles. The van der Waals surface area contributed by atoms with Gasteiger partial charge in [0.2, 0.25) is 0 Å². The number of nitrogens with zero attached hydrogens (tertiary/aromatic N) is 2. The van der Waals surface area contributed by atoms with E-state index in [-0.39, 0.29) is 11.9 Å². The molecule has 6 nitrogen and oxygen atoms in total. The van der Waals surface area contributed by atoms with E-state index in [2.05, 4.69) is 20.5 Å². The smallest absolute Gasteiger partial charge is 0.270 e. The fourth-order valence-electron chi connectivity index (χ4n) is 3.23. The Morgan fingerprint density at radius 1 is 1.19 bits per heavy atom. The molecule has 26 heavy (non-hydrogen) atoms. The molecule has 0 radical (unpaired) electrons. The predicted octanol–water partition coefficient (Wildman–Crippen LogP) is 3.24. The topological polar surface area (TPSA) is 96.7 Å². The summed E-state index contributed by atoms with van der Waals surface area (Å²) in [4.78, 5) is 17.6. The average Bonchev–Trinajstić information content (AvgIpc) is 3.41. The summed E-state index contributed by atoms with van der Waals surface area (Å²) in [5.74, 6) is 0.528. The highest BCUT2D eigenvalue weighted by atomic mass is 16.2. The number of carbonyl (C=O) groups excluding carboxylic acids is 1. The summed E-state index contributed by atoms with van der Waals surface area (Å²) >= 11 is 0. The van der Waals surface area contributed by atoms with Gasteiger partial charge in [-0.25, -0.2) is 0 Å². The summed E-state index contributed by atoms with van der Waals surface area (Å²) in [6.45, 7) is 1.96. The van der Waals surface area contributed by atoms with E-state index in [0.29, 0.717) is 23.0 Å². The number of pyridine rings is 1. The van der Waals surface area contributed by atoms with Crippen molar-refractivity contribution in [2.75, 3.05) is 5.73 Å². The second-order valence-electron chi connectivity index (χ2n) is 6.72. The number of rotatable bonds is 5. The standard InChI is InChI=1S/C20H21N5O/c1-12-6-5-9-15(22-12)17(14-10-11-14)23-20(26)18-16(19(21)25-24-18)13-7-3-2-4-8-13/h2-9,14,17H,10-11H2,1H3,(H,23,26)(H3,21,24,25). The number of nitrogen functional groups attached to an aromatic ring is 1. The molecule has 3 aromatic rings. The monoisotopic (exact) mass is 347 g/mol. The maximum Gasteiger partial charge on any atom is 0.270 e. The molecule has 2 heterocycles. The number of hydrogen-bond donors (Lipinski definition) is 3. The fourth-order valence-corrected chi connectivity index (χ4v) is 3.23. The molecule has 132 valence electrons. The van der Waals surface area contributed by atoms with Crippen molar-refractivity contribution in [3.63, 3.8) is 0 Å². The van der Waals surface area contributed by atoms with Gasteiger partial charge in [0.1, 0.15) is 5.69 Å². The van der Waals surface area contributed by atoms with E-state index < -0.39 is 0 Å². The van der Waals surface area contributed by atoms with Gasteiger partial charge in [-0.15, -0.1) is 0 Å². The first kappa shape index (κ1) is 16.3. The number of hydrogen-bond acceptors (Lipinski definition) is 4. The van der Waals surface area contributed by atoms with Gasteiger partial charge in [-0.05, 0) is 43.4 Å². The van der Waals surface area contributed by atoms with Crippen LogP contribution in [0.1, 0.15) is 40.8 Å². The summed E-state index contributed by atoms with van der Waals surface area (Å²) in [5.41, 5.74) is 9.73. The molecular formula is C20H21N5O. The number of anilines is 1. The van der Waals surface area contributed by atoms with Crippen LogP contribution in [0.3, 0.4) is 0 Å². The fraction of sp³-hybridized carbons (Fsp3) is 0.250. The van der Waals surface area contributed by atoms with Crippen molar-refractivity contribution in [2.24, 2.45) is 5.92 Å². The van der Waals surface area contributed by atoms with E-state index >= 15 is 0 Å². The van der Waals surface area contributed by atoms with Crippen molar-refractivity contribution >= 4 is 11.7 Å². The van der Waals surface area contributed by atoms with Crippen LogP contribution in [0.5, 0.6) is 0 Å². The van der Waals surface area contributed by atoms with Crippen LogP contribution < -0.4 is 11.1 Å². The van der Waals surface area contributed by atoms with Crippen LogP contribution in [0.2, 0.25) is 0 Å². The van der Waals surface area contributed by atoms with Crippen LogP contribution in [-0.2, 0) is 0 Å². The number of amides is 1. The minimum absolute atomic E-state index is 0.101. The molecule has 6 heteroatoms. The summed E-state index contributed by atoms with van der Waals surface area (Å²) in [7, 11) is 0. The van der Waals surface area contributed by atoms with E-state index in [1.54, 1.807) is 0 Å². The second kappa shape index (κ2) is 6.63. The molecule has 0 aliphatic heterocycles. The van der Waals surface area contributed by atoms with E-state index in [1.165, 1.54) is 0 Å². The number of H-pyrrole nitrogens is 1. The first-order valence-corrected chi connectivity index (χ1v) is 8.77. The van der Waals surface area contributed by atoms with Gasteiger partial charge in [-0.2, -0.15) is 5.10 Å². The molecule has 4 N–H and O–H groups in total. The zero-order valence-corrected chi connectivity index (χ0v) is 14.6. The van der Waals surface area contributed by atoms with Crippen molar-refractivity contribution in [3.05, 3.63) is 65.6 Å². The van der Waals surface area contributed by atoms with Gasteiger partial charge in [0.15, 0.2) is 5.82 Å². The highest BCUT2D eigenvalue weighted by molar-refractivity contribution is 6.01. The molecule has 1 fully saturated rings. The molecule has 4 rings (SSSR count). The van der Waals surface area contributed by atoms with Gasteiger partial charge in [-0.3, -0.25) is 14.9 Å². The molecule has 1 amide bonds. The lowest BCUT2D eigenvalue weighted by molar-refractivity contribution is 0.0926. The molecule has 1 atom stereocenters. The molecule has 0 bridgehead atoms. The van der Waals surface area contributed by atoms with Gasteiger partial charge in [0, 0.05) is 5.69 Å². The number of aromatic amines is 1. The molecule has 1 aliphatic carbocycles. The van der Waals surface area contributed by atoms with E-state index in [9.17, 15) is 4.79 Å². The third-order valence-corrected chi connectivity index (χ3v) is 4.69. The lowest BCUT2D eigenvalue weighted by Crippen LogP contribution is -2.31. The molecule has 1 unspecified atom stereocenters. The third kappa shape index (κ3) is 3.18. The normalized spacial score (nSPS) is 14.8. The number of aromatic nitrogens is 3. The Labute approximate surface area is 151 Å². The summed E-state index contributed by atoms with van der Waals surface area (Å²) in [6.07, 6.45) is 2.19. The maximum absolute atomic E-state index is 13.0. The Bertz CT molecular complexity index is 930. The van der Waals surface area contributed by atoms with Crippen molar-refractivity contribution in [2.45, 2.75) is 25.8 Å². The zero-order valence-electron chi connectivity index (χ0n) is 14.6. The van der Waals surface area contributed by atoms with Crippen molar-refractivity contribution < 1.29 is 4.79 Å². The van der Waals surface area contributed by atoms with E-state index in [1.807, 2.05) is 55.5 Å². The Balaban J connectivity index is 1.64. The number of aryl methyl sites for hydroxylation is 1. The lowest BCUT2D eigenvalue weighted by Gasteiger charge is -2.18. The number of nitrogens with two attached hydrogens (primary N) is 1. The van der Waals surface area contributed by atoms with Crippen molar-refractivity contribution in [3.8, 4) is 11.1 Å². The molecule has 2 aromatic heterocycles. The number of benzene rings is 1. The van der Waals surface area contributed by atoms with Crippen molar-refractivity contribution in [1.29, 1.82) is 0 Å². The predicted molar refractivity (Wildman–Crippen MR) is 100 cm³/mol. The Morgan fingerprint density at radius 2 is 1.96 bits per heavy atom. The first-order valence-electron chi connectivity index (χ1n) is 8.77. The highest BCUT2D eigenvalue weighted by Crippen LogP contribution is 2.41. The largest absolute Gasteiger partial charge is 0.382 e. The lowest BCUT2D eigenvalue weighted by atomic mass is 10.0. The zero-order chi connectivity index (χ0) is 18.1. The minimum atomic E-state index is -0.215. The average molecular weight is 347 g/mol. The summed E-state index contributed by atoms with van der Waals surface area (Å²) < 4.78 is 0. The van der Waals surface area contributed by atoms with Gasteiger partial charge in [0.05, 0.1) is 17.3 Å². The van der Waals surface area contributed by atoms with Gasteiger partial charge >= 0.3 is 0 Å². The Hall–Kier alpha value is -3.15. The van der Waals surface area contributed by atoms with Crippen LogP contribution in [0.25, 0.3) is 11.1 Å². The quantitative estimate of drug-likeness (QED) is 0.660. The molecule has 1 aliphatic rings. The van der Waals surface area contributed by atoms with Crippen LogP contribution in [0, 0.1) is 12.8 Å². The van der Waals surface area contributed by atoms with E-state index in [0.717, 1.165) is 29.8 Å². The van der Waals surface area contributed by atoms with Gasteiger partial charge in [0.25, 0.3) is 5.91 Å². The number of carbonyl (C=O) groups is 1. The molecule has 1 saturated carbocycles. The summed E-state index contributed by atoms with van der Waals surface area (Å²) in [5, 5.41) is 9.97. The minimum Gasteiger partial charge on any atom is -0.382 e. The molecule has 0 saturated heterocycles. The first-order chi connectivity index (χ1) is 12.6. The highest BCUT2D eigenvalue weighted by Gasteiger charge is 2.35. The Morgan fingerprint density at radius 3 is 2.65 bits per heavy atom.